The van der Waals surface area contributed by atoms with Gasteiger partial charge in [-0.3, -0.25) is 9.69 Å². The van der Waals surface area contributed by atoms with Gasteiger partial charge in [0.2, 0.25) is 5.91 Å². The van der Waals surface area contributed by atoms with Gasteiger partial charge in [-0.1, -0.05) is 0 Å². The van der Waals surface area contributed by atoms with E-state index in [0.29, 0.717) is 12.6 Å². The predicted molar refractivity (Wildman–Crippen MR) is 77.6 cm³/mol. The zero-order chi connectivity index (χ0) is 12.0. The SMILES string of the molecule is COCCN1CCCC1CNC(=O)[C@@H](C)N.Cl.Cl. The molecule has 0 saturated carbocycles. The van der Waals surface area contributed by atoms with Crippen molar-refractivity contribution in [3.05, 3.63) is 0 Å². The third-order valence-corrected chi connectivity index (χ3v) is 3.01. The van der Waals surface area contributed by atoms with Gasteiger partial charge in [0.05, 0.1) is 12.6 Å². The van der Waals surface area contributed by atoms with E-state index in [-0.39, 0.29) is 30.7 Å². The van der Waals surface area contributed by atoms with E-state index in [0.717, 1.165) is 26.1 Å². The number of nitrogens with zero attached hydrogens (tertiary/aromatic N) is 1. The zero-order valence-electron chi connectivity index (χ0n) is 11.1. The van der Waals surface area contributed by atoms with Gasteiger partial charge in [-0.15, -0.1) is 24.8 Å². The van der Waals surface area contributed by atoms with Crippen LogP contribution < -0.4 is 11.1 Å². The number of nitrogens with two attached hydrogens (primary N) is 1. The molecule has 1 amide bonds. The fraction of sp³-hybridized carbons (Fsp3) is 0.909. The number of amides is 1. The average molecular weight is 302 g/mol. The second-order valence-electron chi connectivity index (χ2n) is 4.36. The summed E-state index contributed by atoms with van der Waals surface area (Å²) in [5, 5.41) is 2.88. The number of methoxy groups -OCH3 is 1. The second kappa shape index (κ2) is 10.8. The van der Waals surface area contributed by atoms with Crippen LogP contribution in [0.4, 0.5) is 0 Å². The molecule has 7 heteroatoms. The van der Waals surface area contributed by atoms with Gasteiger partial charge in [-0.2, -0.15) is 0 Å². The molecule has 0 bridgehead atoms. The maximum Gasteiger partial charge on any atom is 0.236 e. The highest BCUT2D eigenvalue weighted by Gasteiger charge is 2.24. The largest absolute Gasteiger partial charge is 0.383 e. The first kappa shape index (κ1) is 20.3. The summed E-state index contributed by atoms with van der Waals surface area (Å²) >= 11 is 0. The number of nitrogens with one attached hydrogen (secondary N) is 1. The topological polar surface area (TPSA) is 67.6 Å². The first-order valence-electron chi connectivity index (χ1n) is 5.91. The van der Waals surface area contributed by atoms with Gasteiger partial charge in [0.15, 0.2) is 0 Å². The van der Waals surface area contributed by atoms with Crippen molar-refractivity contribution < 1.29 is 9.53 Å². The minimum Gasteiger partial charge on any atom is -0.383 e. The second-order valence-corrected chi connectivity index (χ2v) is 4.36. The number of likely N-dealkylation sites (tertiary alicyclic amines) is 1. The fourth-order valence-electron chi connectivity index (χ4n) is 2.01. The molecule has 0 aromatic rings. The average Bonchev–Trinajstić information content (AvgIpc) is 2.70. The Morgan fingerprint density at radius 2 is 2.22 bits per heavy atom. The molecule has 3 N–H and O–H groups in total. The molecule has 1 heterocycles. The van der Waals surface area contributed by atoms with Crippen LogP contribution in [0.25, 0.3) is 0 Å². The van der Waals surface area contributed by atoms with Gasteiger partial charge < -0.3 is 15.8 Å². The summed E-state index contributed by atoms with van der Waals surface area (Å²) in [4.78, 5) is 13.7. The molecule has 0 aromatic heterocycles. The highest BCUT2D eigenvalue weighted by molar-refractivity contribution is 5.85. The number of halogens is 2. The van der Waals surface area contributed by atoms with E-state index in [9.17, 15) is 4.79 Å². The smallest absolute Gasteiger partial charge is 0.236 e. The van der Waals surface area contributed by atoms with Gasteiger partial charge >= 0.3 is 0 Å². The molecule has 0 radical (unpaired) electrons. The third kappa shape index (κ3) is 6.75. The van der Waals surface area contributed by atoms with E-state index in [4.69, 9.17) is 10.5 Å². The highest BCUT2D eigenvalue weighted by atomic mass is 35.5. The van der Waals surface area contributed by atoms with Crippen LogP contribution in [-0.2, 0) is 9.53 Å². The van der Waals surface area contributed by atoms with Crippen molar-refractivity contribution in [3.8, 4) is 0 Å². The van der Waals surface area contributed by atoms with Crippen molar-refractivity contribution >= 4 is 30.7 Å². The molecule has 5 nitrogen and oxygen atoms in total. The molecule has 18 heavy (non-hydrogen) atoms. The molecule has 1 saturated heterocycles. The van der Waals surface area contributed by atoms with Crippen LogP contribution in [0.5, 0.6) is 0 Å². The van der Waals surface area contributed by atoms with Crippen LogP contribution in [0.3, 0.4) is 0 Å². The first-order chi connectivity index (χ1) is 7.65. The van der Waals surface area contributed by atoms with E-state index in [1.165, 1.54) is 6.42 Å². The quantitative estimate of drug-likeness (QED) is 0.745. The lowest BCUT2D eigenvalue weighted by Crippen LogP contribution is -2.45. The number of hydrogen-bond donors (Lipinski definition) is 2. The normalized spacial score (nSPS) is 20.7. The van der Waals surface area contributed by atoms with Crippen molar-refractivity contribution in [1.29, 1.82) is 0 Å². The maximum absolute atomic E-state index is 11.3. The first-order valence-corrected chi connectivity index (χ1v) is 5.91. The minimum absolute atomic E-state index is 0. The van der Waals surface area contributed by atoms with Crippen LogP contribution in [0.2, 0.25) is 0 Å². The van der Waals surface area contributed by atoms with Gasteiger partial charge in [0.1, 0.15) is 0 Å². The van der Waals surface area contributed by atoms with E-state index in [2.05, 4.69) is 10.2 Å². The van der Waals surface area contributed by atoms with E-state index >= 15 is 0 Å². The number of ether oxygens (including phenoxy) is 1. The maximum atomic E-state index is 11.3. The molecule has 0 aliphatic carbocycles. The van der Waals surface area contributed by atoms with E-state index < -0.39 is 6.04 Å². The Bertz CT molecular complexity index is 230. The van der Waals surface area contributed by atoms with Crippen molar-refractivity contribution in [2.45, 2.75) is 31.8 Å². The van der Waals surface area contributed by atoms with Gasteiger partial charge in [0.25, 0.3) is 0 Å². The number of hydrogen-bond acceptors (Lipinski definition) is 4. The molecule has 0 spiro atoms. The summed E-state index contributed by atoms with van der Waals surface area (Å²) in [5.74, 6) is -0.0707. The summed E-state index contributed by atoms with van der Waals surface area (Å²) in [6.07, 6.45) is 2.34. The number of carbonyl (C=O) groups is 1. The predicted octanol–water partition coefficient (Wildman–Crippen LogP) is 0.404. The van der Waals surface area contributed by atoms with Crippen LogP contribution in [0.15, 0.2) is 0 Å². The lowest BCUT2D eigenvalue weighted by Gasteiger charge is -2.24. The Morgan fingerprint density at radius 1 is 1.56 bits per heavy atom. The number of carbonyl (C=O) groups excluding carboxylic acids is 1. The Kier molecular flexibility index (Phi) is 12.2. The molecule has 110 valence electrons. The summed E-state index contributed by atoms with van der Waals surface area (Å²) in [6.45, 7) is 5.19. The van der Waals surface area contributed by atoms with Crippen molar-refractivity contribution in [1.82, 2.24) is 10.2 Å². The summed E-state index contributed by atoms with van der Waals surface area (Å²) < 4.78 is 5.07. The zero-order valence-corrected chi connectivity index (χ0v) is 12.7. The van der Waals surface area contributed by atoms with Crippen molar-refractivity contribution in [2.24, 2.45) is 5.73 Å². The summed E-state index contributed by atoms with van der Waals surface area (Å²) in [5.41, 5.74) is 5.49. The summed E-state index contributed by atoms with van der Waals surface area (Å²) in [6, 6.07) is 0.0201. The van der Waals surface area contributed by atoms with Crippen LogP contribution in [0, 0.1) is 0 Å². The highest BCUT2D eigenvalue weighted by Crippen LogP contribution is 2.15. The molecular weight excluding hydrogens is 277 g/mol. The van der Waals surface area contributed by atoms with Gasteiger partial charge in [-0.25, -0.2) is 0 Å². The van der Waals surface area contributed by atoms with E-state index in [1.807, 2.05) is 0 Å². The lowest BCUT2D eigenvalue weighted by atomic mass is 10.2. The van der Waals surface area contributed by atoms with E-state index in [1.54, 1.807) is 14.0 Å². The van der Waals surface area contributed by atoms with Crippen LogP contribution in [-0.4, -0.2) is 56.2 Å². The van der Waals surface area contributed by atoms with Gasteiger partial charge in [-0.05, 0) is 26.3 Å². The van der Waals surface area contributed by atoms with Crippen molar-refractivity contribution in [3.63, 3.8) is 0 Å². The summed E-state index contributed by atoms with van der Waals surface area (Å²) in [7, 11) is 1.71. The molecule has 1 unspecified atom stereocenters. The Balaban J connectivity index is 0. The number of rotatable bonds is 6. The standard InChI is InChI=1S/C11H23N3O2.2ClH/c1-9(12)11(15)13-8-10-4-3-5-14(10)6-7-16-2;;/h9-10H,3-8,12H2,1-2H3,(H,13,15);2*1H/t9-,10?;;/m1../s1. The molecule has 1 rings (SSSR count). The Morgan fingerprint density at radius 3 is 2.78 bits per heavy atom. The Hall–Kier alpha value is -0.0700. The van der Waals surface area contributed by atoms with Crippen molar-refractivity contribution in [2.75, 3.05) is 33.4 Å². The molecule has 2 atom stereocenters. The third-order valence-electron chi connectivity index (χ3n) is 3.01. The molecule has 0 aromatic carbocycles. The molecular formula is C11H25Cl2N3O2. The molecule has 1 aliphatic heterocycles. The van der Waals surface area contributed by atoms with Gasteiger partial charge in [0, 0.05) is 26.2 Å². The minimum atomic E-state index is -0.422. The van der Waals surface area contributed by atoms with Crippen LogP contribution >= 0.6 is 24.8 Å². The fourth-order valence-corrected chi connectivity index (χ4v) is 2.01. The molecule has 1 aliphatic rings. The monoisotopic (exact) mass is 301 g/mol. The molecule has 1 fully saturated rings. The lowest BCUT2D eigenvalue weighted by molar-refractivity contribution is -0.122. The Labute approximate surface area is 122 Å². The van der Waals surface area contributed by atoms with Crippen LogP contribution in [0.1, 0.15) is 19.8 Å².